The quantitative estimate of drug-likeness (QED) is 0.343. The second kappa shape index (κ2) is 6.58. The van der Waals surface area contributed by atoms with E-state index in [1.54, 1.807) is 0 Å². The lowest BCUT2D eigenvalue weighted by atomic mass is 10.2. The number of nitrogens with one attached hydrogen (secondary N) is 1. The maximum Gasteiger partial charge on any atom is 0.208 e. The van der Waals surface area contributed by atoms with Crippen LogP contribution in [0.15, 0.2) is 53.5 Å². The fourth-order valence-electron chi connectivity index (χ4n) is 1.75. The highest BCUT2D eigenvalue weighted by Gasteiger charge is 2.01. The van der Waals surface area contributed by atoms with E-state index in [2.05, 4.69) is 10.4 Å². The molecule has 0 aliphatic carbocycles. The van der Waals surface area contributed by atoms with E-state index in [1.165, 1.54) is 0 Å². The zero-order chi connectivity index (χ0) is 14.4. The molecule has 104 valence electrons. The molecule has 0 aromatic heterocycles. The Balaban J connectivity index is 2.06. The molecule has 0 aliphatic rings. The smallest absolute Gasteiger partial charge is 0.208 e. The molecule has 5 nitrogen and oxygen atoms in total. The molecule has 2 aromatic rings. The van der Waals surface area contributed by atoms with E-state index in [-0.39, 0.29) is 5.96 Å². The molecule has 0 saturated heterocycles. The SMILES string of the molecule is Cc1cc(OCc2ccccc2)ccc1N=C(N)NN. The van der Waals surface area contributed by atoms with Gasteiger partial charge in [0.05, 0.1) is 5.69 Å². The van der Waals surface area contributed by atoms with Gasteiger partial charge in [0, 0.05) is 0 Å². The summed E-state index contributed by atoms with van der Waals surface area (Å²) in [6.45, 7) is 2.48. The first-order valence-corrected chi connectivity index (χ1v) is 6.27. The average Bonchev–Trinajstić information content (AvgIpc) is 2.48. The highest BCUT2D eigenvalue weighted by atomic mass is 16.5. The predicted molar refractivity (Wildman–Crippen MR) is 80.6 cm³/mol. The number of aryl methyl sites for hydroxylation is 1. The van der Waals surface area contributed by atoms with E-state index in [9.17, 15) is 0 Å². The molecular weight excluding hydrogens is 252 g/mol. The van der Waals surface area contributed by atoms with Gasteiger partial charge in [0.15, 0.2) is 0 Å². The molecule has 0 radical (unpaired) electrons. The molecule has 0 spiro atoms. The van der Waals surface area contributed by atoms with Gasteiger partial charge in [-0.15, -0.1) is 0 Å². The Kier molecular flexibility index (Phi) is 4.57. The van der Waals surface area contributed by atoms with Gasteiger partial charge in [-0.3, -0.25) is 5.43 Å². The minimum Gasteiger partial charge on any atom is -0.489 e. The molecule has 0 aliphatic heterocycles. The largest absolute Gasteiger partial charge is 0.489 e. The van der Waals surface area contributed by atoms with Crippen LogP contribution in [0.25, 0.3) is 0 Å². The van der Waals surface area contributed by atoms with Gasteiger partial charge in [-0.2, -0.15) is 0 Å². The fraction of sp³-hybridized carbons (Fsp3) is 0.133. The number of hydrogen-bond acceptors (Lipinski definition) is 3. The van der Waals surface area contributed by atoms with Crippen molar-refractivity contribution in [2.45, 2.75) is 13.5 Å². The Morgan fingerprint density at radius 3 is 2.60 bits per heavy atom. The van der Waals surface area contributed by atoms with Gasteiger partial charge in [-0.05, 0) is 36.2 Å². The van der Waals surface area contributed by atoms with Crippen LogP contribution in [0.1, 0.15) is 11.1 Å². The molecule has 0 unspecified atom stereocenters. The Hall–Kier alpha value is -2.53. The molecule has 0 atom stereocenters. The second-order valence-corrected chi connectivity index (χ2v) is 4.36. The monoisotopic (exact) mass is 270 g/mol. The normalized spacial score (nSPS) is 11.2. The zero-order valence-corrected chi connectivity index (χ0v) is 11.3. The Morgan fingerprint density at radius 2 is 1.95 bits per heavy atom. The van der Waals surface area contributed by atoms with Gasteiger partial charge < -0.3 is 10.5 Å². The summed E-state index contributed by atoms with van der Waals surface area (Å²) in [6.07, 6.45) is 0. The van der Waals surface area contributed by atoms with E-state index < -0.39 is 0 Å². The molecule has 2 aromatic carbocycles. The minimum atomic E-state index is 0.172. The molecule has 0 amide bonds. The molecule has 0 bridgehead atoms. The van der Waals surface area contributed by atoms with Crippen molar-refractivity contribution in [3.8, 4) is 5.75 Å². The van der Waals surface area contributed by atoms with Gasteiger partial charge in [-0.1, -0.05) is 30.3 Å². The van der Waals surface area contributed by atoms with Crippen molar-refractivity contribution in [1.29, 1.82) is 0 Å². The van der Waals surface area contributed by atoms with Crippen LogP contribution in [-0.2, 0) is 6.61 Å². The van der Waals surface area contributed by atoms with Crippen LogP contribution in [-0.4, -0.2) is 5.96 Å². The number of aliphatic imine (C=N–C) groups is 1. The van der Waals surface area contributed by atoms with Crippen LogP contribution < -0.4 is 21.7 Å². The molecule has 2 rings (SSSR count). The summed E-state index contributed by atoms with van der Waals surface area (Å²) in [7, 11) is 0. The van der Waals surface area contributed by atoms with Crippen LogP contribution in [0.2, 0.25) is 0 Å². The van der Waals surface area contributed by atoms with Gasteiger partial charge in [0.2, 0.25) is 5.96 Å². The molecular formula is C15H18N4O. The molecule has 20 heavy (non-hydrogen) atoms. The Labute approximate surface area is 118 Å². The molecule has 0 fully saturated rings. The van der Waals surface area contributed by atoms with Gasteiger partial charge in [-0.25, -0.2) is 10.8 Å². The summed E-state index contributed by atoms with van der Waals surface area (Å²) in [6, 6.07) is 15.6. The number of benzene rings is 2. The topological polar surface area (TPSA) is 85.7 Å². The van der Waals surface area contributed by atoms with E-state index in [0.717, 1.165) is 22.6 Å². The first-order valence-electron chi connectivity index (χ1n) is 6.27. The standard InChI is InChI=1S/C15H18N4O/c1-11-9-13(7-8-14(11)18-15(16)19-17)20-10-12-5-3-2-4-6-12/h2-9H,10,17H2,1H3,(H3,16,18,19). The third-order valence-electron chi connectivity index (χ3n) is 2.81. The van der Waals surface area contributed by atoms with Crippen LogP contribution >= 0.6 is 0 Å². The third-order valence-corrected chi connectivity index (χ3v) is 2.81. The lowest BCUT2D eigenvalue weighted by Gasteiger charge is -2.09. The van der Waals surface area contributed by atoms with Crippen molar-refractivity contribution in [2.75, 3.05) is 0 Å². The van der Waals surface area contributed by atoms with Gasteiger partial charge >= 0.3 is 0 Å². The van der Waals surface area contributed by atoms with E-state index >= 15 is 0 Å². The number of hydrogen-bond donors (Lipinski definition) is 3. The number of nitrogens with two attached hydrogens (primary N) is 2. The highest BCUT2D eigenvalue weighted by molar-refractivity contribution is 5.80. The molecule has 5 N–H and O–H groups in total. The fourth-order valence-corrected chi connectivity index (χ4v) is 1.75. The van der Waals surface area contributed by atoms with Crippen molar-refractivity contribution in [3.63, 3.8) is 0 Å². The number of rotatable bonds is 4. The maximum atomic E-state index is 5.74. The summed E-state index contributed by atoms with van der Waals surface area (Å²) < 4.78 is 5.74. The first kappa shape index (κ1) is 13.9. The van der Waals surface area contributed by atoms with E-state index in [1.807, 2.05) is 55.5 Å². The number of hydrazine groups is 1. The van der Waals surface area contributed by atoms with Crippen LogP contribution in [0.3, 0.4) is 0 Å². The lowest BCUT2D eigenvalue weighted by molar-refractivity contribution is 0.306. The van der Waals surface area contributed by atoms with Crippen molar-refractivity contribution < 1.29 is 4.74 Å². The van der Waals surface area contributed by atoms with Gasteiger partial charge in [0.1, 0.15) is 12.4 Å². The molecule has 5 heteroatoms. The third kappa shape index (κ3) is 3.73. The molecule has 0 heterocycles. The first-order chi connectivity index (χ1) is 9.69. The van der Waals surface area contributed by atoms with Crippen molar-refractivity contribution in [2.24, 2.45) is 16.6 Å². The number of guanidine groups is 1. The van der Waals surface area contributed by atoms with Crippen molar-refractivity contribution in [1.82, 2.24) is 5.43 Å². The predicted octanol–water partition coefficient (Wildman–Crippen LogP) is 1.98. The van der Waals surface area contributed by atoms with Crippen LogP contribution in [0.5, 0.6) is 5.75 Å². The number of ether oxygens (including phenoxy) is 1. The lowest BCUT2D eigenvalue weighted by Crippen LogP contribution is -2.36. The summed E-state index contributed by atoms with van der Waals surface area (Å²) in [5, 5.41) is 0. The zero-order valence-electron chi connectivity index (χ0n) is 11.3. The van der Waals surface area contributed by atoms with Crippen molar-refractivity contribution >= 4 is 11.6 Å². The summed E-state index contributed by atoms with van der Waals surface area (Å²) >= 11 is 0. The average molecular weight is 270 g/mol. The number of nitrogens with zero attached hydrogens (tertiary/aromatic N) is 1. The van der Waals surface area contributed by atoms with Crippen molar-refractivity contribution in [3.05, 3.63) is 59.7 Å². The van der Waals surface area contributed by atoms with Crippen LogP contribution in [0, 0.1) is 6.92 Å². The Bertz CT molecular complexity index is 596. The minimum absolute atomic E-state index is 0.172. The van der Waals surface area contributed by atoms with Crippen LogP contribution in [0.4, 0.5) is 5.69 Å². The summed E-state index contributed by atoms with van der Waals surface area (Å²) in [5.74, 6) is 6.15. The Morgan fingerprint density at radius 1 is 1.20 bits per heavy atom. The van der Waals surface area contributed by atoms with Gasteiger partial charge in [0.25, 0.3) is 0 Å². The maximum absolute atomic E-state index is 5.74. The summed E-state index contributed by atoms with van der Waals surface area (Å²) in [4.78, 5) is 4.14. The van der Waals surface area contributed by atoms with E-state index in [4.69, 9.17) is 16.3 Å². The molecule has 0 saturated carbocycles. The highest BCUT2D eigenvalue weighted by Crippen LogP contribution is 2.24. The second-order valence-electron chi connectivity index (χ2n) is 4.36. The summed E-state index contributed by atoms with van der Waals surface area (Å²) in [5.41, 5.74) is 10.7. The van der Waals surface area contributed by atoms with E-state index in [0.29, 0.717) is 6.61 Å².